The number of rotatable bonds is 5. The van der Waals surface area contributed by atoms with Crippen molar-refractivity contribution in [2.24, 2.45) is 0 Å². The van der Waals surface area contributed by atoms with Gasteiger partial charge in [0.15, 0.2) is 4.77 Å². The van der Waals surface area contributed by atoms with E-state index in [0.29, 0.717) is 4.77 Å². The maximum atomic E-state index is 5.40. The van der Waals surface area contributed by atoms with Gasteiger partial charge in [-0.15, -0.1) is 0 Å². The van der Waals surface area contributed by atoms with Gasteiger partial charge in [0.05, 0.1) is 12.8 Å². The van der Waals surface area contributed by atoms with Crippen LogP contribution in [0.25, 0.3) is 5.69 Å². The number of benzene rings is 1. The van der Waals surface area contributed by atoms with Crippen LogP contribution in [0, 0.1) is 4.77 Å². The molecule has 1 N–H and O–H groups in total. The van der Waals surface area contributed by atoms with Crippen molar-refractivity contribution in [2.45, 2.75) is 6.42 Å². The molecule has 0 unspecified atom stereocenters. The van der Waals surface area contributed by atoms with E-state index >= 15 is 0 Å². The van der Waals surface area contributed by atoms with Crippen LogP contribution in [0.15, 0.2) is 24.3 Å². The molecule has 3 rings (SSSR count). The van der Waals surface area contributed by atoms with Crippen molar-refractivity contribution in [1.29, 1.82) is 0 Å². The average Bonchev–Trinajstić information content (AvgIpc) is 2.95. The molecule has 2 aromatic rings. The van der Waals surface area contributed by atoms with Crippen molar-refractivity contribution >= 4 is 12.2 Å². The van der Waals surface area contributed by atoms with E-state index in [0.717, 1.165) is 56.4 Å². The molecule has 2 heterocycles. The van der Waals surface area contributed by atoms with Gasteiger partial charge in [0, 0.05) is 45.2 Å². The molecule has 0 radical (unpaired) electrons. The fraction of sp³-hybridized carbons (Fsp3) is 0.500. The van der Waals surface area contributed by atoms with Crippen molar-refractivity contribution in [3.8, 4) is 11.4 Å². The molecule has 1 aromatic heterocycles. The average molecular weight is 333 g/mol. The molecule has 0 saturated carbocycles. The van der Waals surface area contributed by atoms with Gasteiger partial charge in [0.25, 0.3) is 0 Å². The number of hydrogen-bond donors (Lipinski definition) is 1. The fourth-order valence-electron chi connectivity index (χ4n) is 2.84. The van der Waals surface area contributed by atoms with Gasteiger partial charge in [-0.25, -0.2) is 0 Å². The summed E-state index contributed by atoms with van der Waals surface area (Å²) in [7, 11) is 3.84. The lowest BCUT2D eigenvalue weighted by atomic mass is 10.2. The lowest BCUT2D eigenvalue weighted by Gasteiger charge is -2.32. The second kappa shape index (κ2) is 7.25. The quantitative estimate of drug-likeness (QED) is 0.845. The Morgan fingerprint density at radius 2 is 2.04 bits per heavy atom. The van der Waals surface area contributed by atoms with E-state index in [1.807, 2.05) is 28.8 Å². The molecule has 0 atom stereocenters. The Hall–Kier alpha value is -1.70. The topological polar surface area (TPSA) is 49.3 Å². The third kappa shape index (κ3) is 3.80. The monoisotopic (exact) mass is 333 g/mol. The SMILES string of the molecule is COc1cccc(-n2c(CCN3CCN(C)CC3)n[nH]c2=S)c1. The molecule has 1 aliphatic rings. The molecule has 0 aliphatic carbocycles. The van der Waals surface area contributed by atoms with Gasteiger partial charge in [0.1, 0.15) is 11.6 Å². The van der Waals surface area contributed by atoms with Gasteiger partial charge >= 0.3 is 0 Å². The zero-order valence-electron chi connectivity index (χ0n) is 13.7. The Morgan fingerprint density at radius 3 is 2.78 bits per heavy atom. The number of aromatic nitrogens is 3. The first-order valence-electron chi connectivity index (χ1n) is 7.89. The molecule has 1 aromatic carbocycles. The zero-order valence-corrected chi connectivity index (χ0v) is 14.5. The van der Waals surface area contributed by atoms with Gasteiger partial charge in [0.2, 0.25) is 0 Å². The number of aromatic amines is 1. The first kappa shape index (κ1) is 16.2. The molecule has 124 valence electrons. The summed E-state index contributed by atoms with van der Waals surface area (Å²) in [4.78, 5) is 4.84. The van der Waals surface area contributed by atoms with Crippen molar-refractivity contribution in [1.82, 2.24) is 24.6 Å². The van der Waals surface area contributed by atoms with Crippen LogP contribution in [0.3, 0.4) is 0 Å². The van der Waals surface area contributed by atoms with E-state index in [1.54, 1.807) is 7.11 Å². The Balaban J connectivity index is 1.75. The third-order valence-electron chi connectivity index (χ3n) is 4.30. The van der Waals surface area contributed by atoms with Crippen molar-refractivity contribution in [2.75, 3.05) is 46.9 Å². The van der Waals surface area contributed by atoms with Crippen LogP contribution in [0.1, 0.15) is 5.82 Å². The standard InChI is InChI=1S/C16H23N5OS/c1-19-8-10-20(11-9-19)7-6-15-17-18-16(23)21(15)13-4-3-5-14(12-13)22-2/h3-5,12H,6-11H2,1-2H3,(H,18,23). The maximum Gasteiger partial charge on any atom is 0.199 e. The second-order valence-electron chi connectivity index (χ2n) is 5.88. The van der Waals surface area contributed by atoms with Gasteiger partial charge < -0.3 is 14.5 Å². The molecule has 1 fully saturated rings. The predicted molar refractivity (Wildman–Crippen MR) is 92.9 cm³/mol. The summed E-state index contributed by atoms with van der Waals surface area (Å²) in [5.41, 5.74) is 0.983. The van der Waals surface area contributed by atoms with E-state index < -0.39 is 0 Å². The van der Waals surface area contributed by atoms with Crippen LogP contribution in [0.2, 0.25) is 0 Å². The minimum Gasteiger partial charge on any atom is -0.497 e. The summed E-state index contributed by atoms with van der Waals surface area (Å²) in [6, 6.07) is 7.89. The molecule has 0 spiro atoms. The van der Waals surface area contributed by atoms with Gasteiger partial charge in [-0.1, -0.05) is 6.07 Å². The zero-order chi connectivity index (χ0) is 16.2. The van der Waals surface area contributed by atoms with Crippen molar-refractivity contribution in [3.63, 3.8) is 0 Å². The smallest absolute Gasteiger partial charge is 0.199 e. The summed E-state index contributed by atoms with van der Waals surface area (Å²) in [6.07, 6.45) is 0.869. The highest BCUT2D eigenvalue weighted by Gasteiger charge is 2.15. The molecule has 0 bridgehead atoms. The highest BCUT2D eigenvalue weighted by atomic mass is 32.1. The Morgan fingerprint density at radius 1 is 1.26 bits per heavy atom. The first-order chi connectivity index (χ1) is 11.2. The molecule has 6 nitrogen and oxygen atoms in total. The Bertz CT molecular complexity index is 702. The number of H-pyrrole nitrogens is 1. The summed E-state index contributed by atoms with van der Waals surface area (Å²) in [6.45, 7) is 5.48. The Kier molecular flexibility index (Phi) is 5.09. The summed E-state index contributed by atoms with van der Waals surface area (Å²) < 4.78 is 7.92. The maximum absolute atomic E-state index is 5.40. The Labute approximate surface area is 141 Å². The predicted octanol–water partition coefficient (Wildman–Crippen LogP) is 1.73. The van der Waals surface area contributed by atoms with Gasteiger partial charge in [-0.3, -0.25) is 9.67 Å². The third-order valence-corrected chi connectivity index (χ3v) is 4.57. The van der Waals surface area contributed by atoms with E-state index in [2.05, 4.69) is 27.0 Å². The molecule has 0 amide bonds. The van der Waals surface area contributed by atoms with Crippen molar-refractivity contribution < 1.29 is 4.74 Å². The van der Waals surface area contributed by atoms with Crippen LogP contribution in [-0.2, 0) is 6.42 Å². The summed E-state index contributed by atoms with van der Waals surface area (Å²) in [5, 5.41) is 7.33. The van der Waals surface area contributed by atoms with Crippen LogP contribution < -0.4 is 4.74 Å². The van der Waals surface area contributed by atoms with Crippen molar-refractivity contribution in [3.05, 3.63) is 34.9 Å². The molecular formula is C16H23N5OS. The number of hydrogen-bond acceptors (Lipinski definition) is 5. The van der Waals surface area contributed by atoms with E-state index in [4.69, 9.17) is 17.0 Å². The van der Waals surface area contributed by atoms with Gasteiger partial charge in [-0.2, -0.15) is 5.10 Å². The highest BCUT2D eigenvalue weighted by Crippen LogP contribution is 2.18. The lowest BCUT2D eigenvalue weighted by Crippen LogP contribution is -2.45. The van der Waals surface area contributed by atoms with E-state index in [1.165, 1.54) is 0 Å². The molecule has 1 saturated heterocycles. The molecule has 23 heavy (non-hydrogen) atoms. The molecule has 1 aliphatic heterocycles. The second-order valence-corrected chi connectivity index (χ2v) is 6.26. The van der Waals surface area contributed by atoms with E-state index in [-0.39, 0.29) is 0 Å². The van der Waals surface area contributed by atoms with Crippen LogP contribution >= 0.6 is 12.2 Å². The van der Waals surface area contributed by atoms with Crippen LogP contribution in [0.4, 0.5) is 0 Å². The summed E-state index contributed by atoms with van der Waals surface area (Å²) in [5.74, 6) is 1.78. The molecular weight excluding hydrogens is 310 g/mol. The summed E-state index contributed by atoms with van der Waals surface area (Å²) >= 11 is 5.40. The minimum atomic E-state index is 0.617. The largest absolute Gasteiger partial charge is 0.497 e. The number of nitrogens with one attached hydrogen (secondary N) is 1. The normalized spacial score (nSPS) is 16.6. The molecule has 7 heteroatoms. The van der Waals surface area contributed by atoms with Crippen LogP contribution in [0.5, 0.6) is 5.75 Å². The number of nitrogens with zero attached hydrogens (tertiary/aromatic N) is 4. The van der Waals surface area contributed by atoms with Crippen LogP contribution in [-0.4, -0.2) is 71.4 Å². The fourth-order valence-corrected chi connectivity index (χ4v) is 3.10. The van der Waals surface area contributed by atoms with Gasteiger partial charge in [-0.05, 0) is 31.4 Å². The highest BCUT2D eigenvalue weighted by molar-refractivity contribution is 7.71. The number of ether oxygens (including phenoxy) is 1. The number of methoxy groups -OCH3 is 1. The minimum absolute atomic E-state index is 0.617. The number of piperazine rings is 1. The first-order valence-corrected chi connectivity index (χ1v) is 8.30. The lowest BCUT2D eigenvalue weighted by molar-refractivity contribution is 0.155. The van der Waals surface area contributed by atoms with E-state index in [9.17, 15) is 0 Å². The number of likely N-dealkylation sites (N-methyl/N-ethyl adjacent to an activating group) is 1.